The lowest BCUT2D eigenvalue weighted by Crippen LogP contribution is -2.44. The molecule has 1 fully saturated rings. The van der Waals surface area contributed by atoms with E-state index in [0.29, 0.717) is 17.2 Å². The van der Waals surface area contributed by atoms with Crippen LogP contribution in [0, 0.1) is 5.41 Å². The van der Waals surface area contributed by atoms with Crippen LogP contribution in [0.3, 0.4) is 0 Å². The van der Waals surface area contributed by atoms with Gasteiger partial charge in [-0.15, -0.1) is 0 Å². The Morgan fingerprint density at radius 3 is 2.45 bits per heavy atom. The van der Waals surface area contributed by atoms with Gasteiger partial charge in [0.1, 0.15) is 5.75 Å². The maximum Gasteiger partial charge on any atom is 0.115 e. The van der Waals surface area contributed by atoms with Crippen molar-refractivity contribution in [3.63, 3.8) is 0 Å². The molecule has 0 radical (unpaired) electrons. The van der Waals surface area contributed by atoms with Crippen molar-refractivity contribution >= 4 is 0 Å². The number of phenolic OH excluding ortho intramolecular Hbond substituents is 1. The highest BCUT2D eigenvalue weighted by atomic mass is 16.3. The summed E-state index contributed by atoms with van der Waals surface area (Å²) in [5.41, 5.74) is 1.71. The molecule has 0 aromatic heterocycles. The number of likely N-dealkylation sites (tertiary alicyclic amines) is 1. The number of phenols is 1. The zero-order valence-electron chi connectivity index (χ0n) is 13.0. The lowest BCUT2D eigenvalue weighted by molar-refractivity contribution is 0.134. The number of benzene rings is 1. The molecule has 3 nitrogen and oxygen atoms in total. The van der Waals surface area contributed by atoms with E-state index in [4.69, 9.17) is 0 Å². The van der Waals surface area contributed by atoms with Gasteiger partial charge in [0.2, 0.25) is 0 Å². The van der Waals surface area contributed by atoms with Crippen LogP contribution in [0.1, 0.15) is 32.3 Å². The van der Waals surface area contributed by atoms with E-state index >= 15 is 0 Å². The standard InChI is InChI=1S/C17H28N2O/c1-14(12-15-4-6-16(20)7-5-15)18-13-17(2)8-10-19(3)11-9-17/h4-7,14,18,20H,8-13H2,1-3H3. The Morgan fingerprint density at radius 2 is 1.85 bits per heavy atom. The highest BCUT2D eigenvalue weighted by Gasteiger charge is 2.28. The van der Waals surface area contributed by atoms with Crippen molar-refractivity contribution in [2.75, 3.05) is 26.7 Å². The van der Waals surface area contributed by atoms with Gasteiger partial charge in [-0.05, 0) is 69.4 Å². The number of rotatable bonds is 5. The molecule has 1 aliphatic heterocycles. The second-order valence-corrected chi connectivity index (χ2v) is 6.77. The van der Waals surface area contributed by atoms with Crippen molar-refractivity contribution in [2.24, 2.45) is 5.41 Å². The van der Waals surface area contributed by atoms with Crippen LogP contribution in [-0.2, 0) is 6.42 Å². The molecule has 1 aromatic carbocycles. The summed E-state index contributed by atoms with van der Waals surface area (Å²) >= 11 is 0. The highest BCUT2D eigenvalue weighted by Crippen LogP contribution is 2.29. The van der Waals surface area contributed by atoms with E-state index in [0.717, 1.165) is 13.0 Å². The van der Waals surface area contributed by atoms with E-state index in [1.54, 1.807) is 12.1 Å². The molecule has 2 N–H and O–H groups in total. The summed E-state index contributed by atoms with van der Waals surface area (Å²) in [6.45, 7) is 8.17. The fourth-order valence-corrected chi connectivity index (χ4v) is 2.81. The Balaban J connectivity index is 1.77. The molecule has 1 saturated heterocycles. The molecule has 0 bridgehead atoms. The Morgan fingerprint density at radius 1 is 1.25 bits per heavy atom. The zero-order valence-corrected chi connectivity index (χ0v) is 13.0. The molecular weight excluding hydrogens is 248 g/mol. The molecule has 1 aromatic rings. The van der Waals surface area contributed by atoms with Crippen molar-refractivity contribution in [1.29, 1.82) is 0 Å². The van der Waals surface area contributed by atoms with Gasteiger partial charge in [0, 0.05) is 12.6 Å². The van der Waals surface area contributed by atoms with Gasteiger partial charge < -0.3 is 15.3 Å². The van der Waals surface area contributed by atoms with Crippen LogP contribution in [0.2, 0.25) is 0 Å². The summed E-state index contributed by atoms with van der Waals surface area (Å²) < 4.78 is 0. The van der Waals surface area contributed by atoms with Crippen LogP contribution >= 0.6 is 0 Å². The lowest BCUT2D eigenvalue weighted by atomic mass is 9.80. The smallest absolute Gasteiger partial charge is 0.115 e. The van der Waals surface area contributed by atoms with Gasteiger partial charge in [-0.1, -0.05) is 19.1 Å². The normalized spacial score (nSPS) is 20.8. The van der Waals surface area contributed by atoms with E-state index in [1.165, 1.54) is 31.5 Å². The van der Waals surface area contributed by atoms with Gasteiger partial charge in [-0.2, -0.15) is 0 Å². The van der Waals surface area contributed by atoms with Gasteiger partial charge in [0.15, 0.2) is 0 Å². The van der Waals surface area contributed by atoms with Crippen molar-refractivity contribution in [2.45, 2.75) is 39.2 Å². The maximum atomic E-state index is 9.30. The number of aromatic hydroxyl groups is 1. The summed E-state index contributed by atoms with van der Waals surface area (Å²) in [4.78, 5) is 2.42. The Kier molecular flexibility index (Phi) is 5.06. The molecule has 20 heavy (non-hydrogen) atoms. The predicted molar refractivity (Wildman–Crippen MR) is 84.1 cm³/mol. The van der Waals surface area contributed by atoms with Crippen molar-refractivity contribution in [1.82, 2.24) is 10.2 Å². The summed E-state index contributed by atoms with van der Waals surface area (Å²) in [7, 11) is 2.21. The number of piperidine rings is 1. The van der Waals surface area contributed by atoms with Crippen LogP contribution in [0.4, 0.5) is 0 Å². The quantitative estimate of drug-likeness (QED) is 0.868. The van der Waals surface area contributed by atoms with E-state index in [-0.39, 0.29) is 0 Å². The molecule has 1 atom stereocenters. The molecular formula is C17H28N2O. The molecule has 1 heterocycles. The van der Waals surface area contributed by atoms with E-state index in [9.17, 15) is 5.11 Å². The first-order valence-corrected chi connectivity index (χ1v) is 7.67. The number of nitrogens with zero attached hydrogens (tertiary/aromatic N) is 1. The maximum absolute atomic E-state index is 9.30. The first-order chi connectivity index (χ1) is 9.47. The second-order valence-electron chi connectivity index (χ2n) is 6.77. The van der Waals surface area contributed by atoms with E-state index < -0.39 is 0 Å². The molecule has 112 valence electrons. The van der Waals surface area contributed by atoms with E-state index in [1.807, 2.05) is 12.1 Å². The largest absolute Gasteiger partial charge is 0.508 e. The molecule has 0 aliphatic carbocycles. The molecule has 0 spiro atoms. The molecule has 3 heteroatoms. The average Bonchev–Trinajstić information content (AvgIpc) is 2.43. The topological polar surface area (TPSA) is 35.5 Å². The first kappa shape index (κ1) is 15.3. The summed E-state index contributed by atoms with van der Waals surface area (Å²) in [5, 5.41) is 13.0. The summed E-state index contributed by atoms with van der Waals surface area (Å²) in [5.74, 6) is 0.341. The molecule has 0 saturated carbocycles. The van der Waals surface area contributed by atoms with Crippen molar-refractivity contribution in [3.8, 4) is 5.75 Å². The summed E-state index contributed by atoms with van der Waals surface area (Å²) in [6, 6.07) is 8.01. The fraction of sp³-hybridized carbons (Fsp3) is 0.647. The Bertz CT molecular complexity index is 408. The van der Waals surface area contributed by atoms with Gasteiger partial charge in [-0.3, -0.25) is 0 Å². The van der Waals surface area contributed by atoms with Crippen LogP contribution in [-0.4, -0.2) is 42.7 Å². The second kappa shape index (κ2) is 6.59. The Labute approximate surface area is 123 Å². The third kappa shape index (κ3) is 4.50. The average molecular weight is 276 g/mol. The monoisotopic (exact) mass is 276 g/mol. The highest BCUT2D eigenvalue weighted by molar-refractivity contribution is 5.26. The molecule has 0 amide bonds. The third-order valence-electron chi connectivity index (χ3n) is 4.55. The minimum atomic E-state index is 0.341. The van der Waals surface area contributed by atoms with Crippen LogP contribution in [0.15, 0.2) is 24.3 Å². The molecule has 1 aliphatic rings. The minimum Gasteiger partial charge on any atom is -0.508 e. The lowest BCUT2D eigenvalue weighted by Gasteiger charge is -2.38. The minimum absolute atomic E-state index is 0.341. The molecule has 2 rings (SSSR count). The number of hydrogen-bond acceptors (Lipinski definition) is 3. The van der Waals surface area contributed by atoms with Crippen LogP contribution < -0.4 is 5.32 Å². The predicted octanol–water partition coefficient (Wildman–Crippen LogP) is 2.64. The van der Waals surface area contributed by atoms with Gasteiger partial charge in [0.05, 0.1) is 0 Å². The number of hydrogen-bond donors (Lipinski definition) is 2. The Hall–Kier alpha value is -1.06. The van der Waals surface area contributed by atoms with Crippen LogP contribution in [0.25, 0.3) is 0 Å². The number of nitrogens with one attached hydrogen (secondary N) is 1. The van der Waals surface area contributed by atoms with Crippen molar-refractivity contribution in [3.05, 3.63) is 29.8 Å². The molecule has 1 unspecified atom stereocenters. The van der Waals surface area contributed by atoms with Gasteiger partial charge in [-0.25, -0.2) is 0 Å². The van der Waals surface area contributed by atoms with Crippen LogP contribution in [0.5, 0.6) is 5.75 Å². The zero-order chi connectivity index (χ0) is 14.6. The first-order valence-electron chi connectivity index (χ1n) is 7.67. The fourth-order valence-electron chi connectivity index (χ4n) is 2.81. The van der Waals surface area contributed by atoms with Crippen molar-refractivity contribution < 1.29 is 5.11 Å². The third-order valence-corrected chi connectivity index (χ3v) is 4.55. The van der Waals surface area contributed by atoms with Gasteiger partial charge in [0.25, 0.3) is 0 Å². The van der Waals surface area contributed by atoms with Gasteiger partial charge >= 0.3 is 0 Å². The SMILES string of the molecule is CC(Cc1ccc(O)cc1)NCC1(C)CCN(C)CC1. The van der Waals surface area contributed by atoms with E-state index in [2.05, 4.69) is 31.1 Å². The summed E-state index contributed by atoms with van der Waals surface area (Å²) in [6.07, 6.45) is 3.57.